The summed E-state index contributed by atoms with van der Waals surface area (Å²) in [6, 6.07) is 1.85. The first-order chi connectivity index (χ1) is 11.0. The van der Waals surface area contributed by atoms with Gasteiger partial charge in [-0.2, -0.15) is 10.1 Å². The van der Waals surface area contributed by atoms with Gasteiger partial charge in [0.1, 0.15) is 4.83 Å². The number of hydrogen-bond donors (Lipinski definition) is 0. The molecule has 3 aromatic heterocycles. The predicted molar refractivity (Wildman–Crippen MR) is 85.4 cm³/mol. The van der Waals surface area contributed by atoms with Crippen LogP contribution in [0.3, 0.4) is 0 Å². The first kappa shape index (κ1) is 14.4. The van der Waals surface area contributed by atoms with Gasteiger partial charge in [-0.05, 0) is 25.8 Å². The number of carbonyl (C=O) groups excluding carboxylic acids is 1. The lowest BCUT2D eigenvalue weighted by atomic mass is 10.2. The molecule has 0 N–H and O–H groups in total. The van der Waals surface area contributed by atoms with Gasteiger partial charge in [0, 0.05) is 25.9 Å². The second-order valence-electron chi connectivity index (χ2n) is 5.87. The number of fused-ring (bicyclic) bond motifs is 1. The fourth-order valence-electron chi connectivity index (χ4n) is 3.18. The van der Waals surface area contributed by atoms with E-state index in [1.165, 1.54) is 11.3 Å². The quantitative estimate of drug-likeness (QED) is 0.721. The zero-order valence-corrected chi connectivity index (χ0v) is 14.1. The molecule has 8 heteroatoms. The van der Waals surface area contributed by atoms with Crippen molar-refractivity contribution < 1.29 is 9.32 Å². The molecule has 7 nitrogen and oxygen atoms in total. The molecule has 1 atom stereocenters. The molecule has 0 spiro atoms. The minimum Gasteiger partial charge on any atom is -0.340 e. The summed E-state index contributed by atoms with van der Waals surface area (Å²) in [7, 11) is 1.90. The van der Waals surface area contributed by atoms with Crippen molar-refractivity contribution in [3.63, 3.8) is 0 Å². The number of thiophene rings is 1. The number of aryl methyl sites for hydroxylation is 3. The van der Waals surface area contributed by atoms with Crippen LogP contribution in [0.25, 0.3) is 10.2 Å². The van der Waals surface area contributed by atoms with Crippen LogP contribution in [-0.2, 0) is 7.05 Å². The lowest BCUT2D eigenvalue weighted by Crippen LogP contribution is -2.30. The topological polar surface area (TPSA) is 77.1 Å². The fraction of sp³-hybridized carbons (Fsp3) is 0.467. The Balaban J connectivity index is 1.67. The van der Waals surface area contributed by atoms with Gasteiger partial charge in [-0.1, -0.05) is 5.16 Å². The van der Waals surface area contributed by atoms with Gasteiger partial charge < -0.3 is 9.42 Å². The molecule has 1 fully saturated rings. The Bertz CT molecular complexity index is 859. The van der Waals surface area contributed by atoms with Crippen molar-refractivity contribution >= 4 is 27.5 Å². The summed E-state index contributed by atoms with van der Waals surface area (Å²) >= 11 is 1.49. The first-order valence-electron chi connectivity index (χ1n) is 7.59. The van der Waals surface area contributed by atoms with Crippen LogP contribution < -0.4 is 0 Å². The van der Waals surface area contributed by atoms with Crippen LogP contribution in [0.4, 0.5) is 0 Å². The van der Waals surface area contributed by atoms with Crippen LogP contribution in [-0.4, -0.2) is 37.3 Å². The molecule has 4 heterocycles. The summed E-state index contributed by atoms with van der Waals surface area (Å²) in [6.07, 6.45) is 1.83. The average Bonchev–Trinajstić information content (AvgIpc) is 3.26. The lowest BCUT2D eigenvalue weighted by molar-refractivity contribution is 0.0733. The van der Waals surface area contributed by atoms with Crippen molar-refractivity contribution in [1.29, 1.82) is 0 Å². The molecule has 0 bridgehead atoms. The van der Waals surface area contributed by atoms with E-state index in [1.54, 1.807) is 6.92 Å². The van der Waals surface area contributed by atoms with E-state index in [0.29, 0.717) is 11.7 Å². The molecular weight excluding hydrogens is 314 g/mol. The Morgan fingerprint density at radius 3 is 2.96 bits per heavy atom. The summed E-state index contributed by atoms with van der Waals surface area (Å²) in [5.41, 5.74) is 0.949. The Kier molecular flexibility index (Phi) is 3.22. The van der Waals surface area contributed by atoms with Crippen LogP contribution in [0.2, 0.25) is 0 Å². The molecular formula is C15H17N5O2S. The third kappa shape index (κ3) is 2.24. The zero-order valence-electron chi connectivity index (χ0n) is 13.2. The molecule has 1 saturated heterocycles. The highest BCUT2D eigenvalue weighted by molar-refractivity contribution is 7.20. The van der Waals surface area contributed by atoms with E-state index in [9.17, 15) is 4.79 Å². The van der Waals surface area contributed by atoms with Crippen molar-refractivity contribution in [2.24, 2.45) is 7.05 Å². The van der Waals surface area contributed by atoms with Gasteiger partial charge in [0.05, 0.1) is 16.6 Å². The maximum absolute atomic E-state index is 12.9. The van der Waals surface area contributed by atoms with Crippen LogP contribution in [0.15, 0.2) is 10.6 Å². The van der Waals surface area contributed by atoms with E-state index in [1.807, 2.05) is 29.6 Å². The van der Waals surface area contributed by atoms with E-state index in [4.69, 9.17) is 4.52 Å². The number of nitrogens with zero attached hydrogens (tertiary/aromatic N) is 5. The summed E-state index contributed by atoms with van der Waals surface area (Å²) in [5, 5.41) is 9.43. The molecule has 0 aliphatic carbocycles. The minimum absolute atomic E-state index is 0.0375. The summed E-state index contributed by atoms with van der Waals surface area (Å²) in [6.45, 7) is 4.45. The molecule has 0 unspecified atom stereocenters. The van der Waals surface area contributed by atoms with Gasteiger partial charge in [0.2, 0.25) is 5.89 Å². The average molecular weight is 331 g/mol. The molecule has 4 rings (SSSR count). The monoisotopic (exact) mass is 331 g/mol. The maximum Gasteiger partial charge on any atom is 0.264 e. The Hall–Kier alpha value is -2.22. The van der Waals surface area contributed by atoms with Crippen molar-refractivity contribution in [2.45, 2.75) is 32.7 Å². The molecule has 0 aromatic carbocycles. The standard InChI is InChI=1S/C15H17N5O2S/c1-8-10-7-12(23-15(10)19(3)17-8)14(21)20-6-4-5-11(20)13-16-9(2)22-18-13/h7,11H,4-6H2,1-3H3/t11-/m1/s1. The Morgan fingerprint density at radius 1 is 1.43 bits per heavy atom. The number of rotatable bonds is 2. The van der Waals surface area contributed by atoms with E-state index in [0.717, 1.165) is 40.2 Å². The van der Waals surface area contributed by atoms with E-state index in [2.05, 4.69) is 15.2 Å². The molecule has 1 aliphatic heterocycles. The summed E-state index contributed by atoms with van der Waals surface area (Å²) in [5.74, 6) is 1.17. The van der Waals surface area contributed by atoms with E-state index >= 15 is 0 Å². The second kappa shape index (κ2) is 5.16. The third-order valence-electron chi connectivity index (χ3n) is 4.26. The second-order valence-corrected chi connectivity index (χ2v) is 6.90. The number of hydrogen-bond acceptors (Lipinski definition) is 6. The summed E-state index contributed by atoms with van der Waals surface area (Å²) < 4.78 is 6.90. The van der Waals surface area contributed by atoms with E-state index < -0.39 is 0 Å². The molecule has 1 amide bonds. The normalized spacial score (nSPS) is 18.2. The maximum atomic E-state index is 12.9. The van der Waals surface area contributed by atoms with Gasteiger partial charge >= 0.3 is 0 Å². The molecule has 120 valence electrons. The first-order valence-corrected chi connectivity index (χ1v) is 8.40. The molecule has 0 saturated carbocycles. The Labute approximate surface area is 136 Å². The zero-order chi connectivity index (χ0) is 16.1. The fourth-order valence-corrected chi connectivity index (χ4v) is 4.26. The van der Waals surface area contributed by atoms with Crippen molar-refractivity contribution in [1.82, 2.24) is 24.8 Å². The number of aromatic nitrogens is 4. The molecule has 0 radical (unpaired) electrons. The van der Waals surface area contributed by atoms with Crippen LogP contribution in [0.5, 0.6) is 0 Å². The van der Waals surface area contributed by atoms with Crippen molar-refractivity contribution in [2.75, 3.05) is 6.54 Å². The number of carbonyl (C=O) groups is 1. The highest BCUT2D eigenvalue weighted by Gasteiger charge is 2.34. The SMILES string of the molecule is Cc1nc([C@H]2CCCN2C(=O)c2cc3c(C)nn(C)c3s2)no1. The smallest absolute Gasteiger partial charge is 0.264 e. The predicted octanol–water partition coefficient (Wildman–Crippen LogP) is 2.61. The summed E-state index contributed by atoms with van der Waals surface area (Å²) in [4.78, 5) is 20.9. The van der Waals surface area contributed by atoms with Gasteiger partial charge in [-0.25, -0.2) is 0 Å². The number of amides is 1. The molecule has 1 aliphatic rings. The van der Waals surface area contributed by atoms with Crippen LogP contribution in [0.1, 0.15) is 46.0 Å². The molecule has 23 heavy (non-hydrogen) atoms. The Morgan fingerprint density at radius 2 is 2.26 bits per heavy atom. The molecule has 3 aromatic rings. The van der Waals surface area contributed by atoms with Gasteiger partial charge in [-0.3, -0.25) is 9.48 Å². The number of likely N-dealkylation sites (tertiary alicyclic amines) is 1. The van der Waals surface area contributed by atoms with Crippen LogP contribution >= 0.6 is 11.3 Å². The highest BCUT2D eigenvalue weighted by atomic mass is 32.1. The van der Waals surface area contributed by atoms with Crippen molar-refractivity contribution in [3.05, 3.63) is 28.4 Å². The lowest BCUT2D eigenvalue weighted by Gasteiger charge is -2.21. The van der Waals surface area contributed by atoms with Gasteiger partial charge in [-0.15, -0.1) is 11.3 Å². The van der Waals surface area contributed by atoms with Crippen LogP contribution in [0, 0.1) is 13.8 Å². The van der Waals surface area contributed by atoms with Gasteiger partial charge in [0.15, 0.2) is 5.82 Å². The third-order valence-corrected chi connectivity index (χ3v) is 5.45. The van der Waals surface area contributed by atoms with Crippen molar-refractivity contribution in [3.8, 4) is 0 Å². The highest BCUT2D eigenvalue weighted by Crippen LogP contribution is 2.34. The minimum atomic E-state index is -0.0932. The van der Waals surface area contributed by atoms with Gasteiger partial charge in [0.25, 0.3) is 5.91 Å². The largest absolute Gasteiger partial charge is 0.340 e. The van der Waals surface area contributed by atoms with E-state index in [-0.39, 0.29) is 11.9 Å².